The summed E-state index contributed by atoms with van der Waals surface area (Å²) in [4.78, 5) is 10.4. The van der Waals surface area contributed by atoms with Gasteiger partial charge in [-0.2, -0.15) is 0 Å². The van der Waals surface area contributed by atoms with E-state index in [1.54, 1.807) is 24.3 Å². The number of rotatable bonds is 14. The molecule has 0 saturated carbocycles. The minimum Gasteiger partial charge on any atom is -0.493 e. The first-order valence-corrected chi connectivity index (χ1v) is 9.98. The number of aliphatic carboxylic acids is 1. The number of carboxylic acids is 1. The lowest BCUT2D eigenvalue weighted by Crippen LogP contribution is -2.08. The summed E-state index contributed by atoms with van der Waals surface area (Å²) in [5, 5.41) is 28.7. The number of hydrogen-bond donors (Lipinski definition) is 3. The molecule has 0 aliphatic rings. The van der Waals surface area contributed by atoms with Crippen LogP contribution in [-0.2, 0) is 4.79 Å². The van der Waals surface area contributed by atoms with Gasteiger partial charge in [0.15, 0.2) is 0 Å². The lowest BCUT2D eigenvalue weighted by molar-refractivity contribution is -0.137. The van der Waals surface area contributed by atoms with E-state index in [1.807, 2.05) is 48.6 Å². The molecule has 0 saturated heterocycles. The van der Waals surface area contributed by atoms with Crippen LogP contribution in [0.5, 0.6) is 5.75 Å². The number of benzene rings is 1. The number of aliphatic hydroxyl groups is 2. The van der Waals surface area contributed by atoms with Crippen molar-refractivity contribution >= 4 is 17.6 Å². The Bertz CT molecular complexity index is 709. The molecule has 0 amide bonds. The number of hydrogen-bond acceptors (Lipinski definition) is 4. The predicted molar refractivity (Wildman–Crippen MR) is 116 cm³/mol. The number of aliphatic hydroxyl groups excluding tert-OH is 2. The number of carboxylic acid groups (broad SMARTS) is 1. The maximum absolute atomic E-state index is 10.4. The van der Waals surface area contributed by atoms with Crippen LogP contribution in [0.1, 0.15) is 32.1 Å². The maximum Gasteiger partial charge on any atom is 0.303 e. The molecule has 0 aliphatic carbocycles. The number of carbonyl (C=O) groups is 1. The van der Waals surface area contributed by atoms with Crippen LogP contribution in [-0.4, -0.2) is 40.1 Å². The highest BCUT2D eigenvalue weighted by Gasteiger charge is 2.03. The second kappa shape index (κ2) is 15.6. The van der Waals surface area contributed by atoms with E-state index in [-0.39, 0.29) is 6.42 Å². The molecule has 1 aromatic carbocycles. The average molecular weight is 421 g/mol. The van der Waals surface area contributed by atoms with Crippen LogP contribution in [0.25, 0.3) is 0 Å². The SMILES string of the molecule is O=C(O)CCCC(O)C/C=C/C=C/C=C\C=C\[C@@H](O)CCOc1cccc(Cl)c1. The molecule has 5 nitrogen and oxygen atoms in total. The molecule has 158 valence electrons. The third-order valence-corrected chi connectivity index (χ3v) is 4.07. The lowest BCUT2D eigenvalue weighted by Gasteiger charge is -2.08. The summed E-state index contributed by atoms with van der Waals surface area (Å²) in [6.45, 7) is 0.391. The van der Waals surface area contributed by atoms with Crippen molar-refractivity contribution in [3.8, 4) is 5.75 Å². The minimum atomic E-state index is -0.838. The maximum atomic E-state index is 10.4. The van der Waals surface area contributed by atoms with Gasteiger partial charge in [0.25, 0.3) is 0 Å². The zero-order chi connectivity index (χ0) is 21.3. The molecule has 0 heterocycles. The number of ether oxygens (including phenoxy) is 1. The van der Waals surface area contributed by atoms with Gasteiger partial charge in [-0.1, -0.05) is 66.3 Å². The molecule has 1 aromatic rings. The van der Waals surface area contributed by atoms with E-state index in [2.05, 4.69) is 0 Å². The van der Waals surface area contributed by atoms with Crippen LogP contribution < -0.4 is 4.74 Å². The van der Waals surface area contributed by atoms with Crippen molar-refractivity contribution in [2.75, 3.05) is 6.61 Å². The second-order valence-electron chi connectivity index (χ2n) is 6.42. The fourth-order valence-corrected chi connectivity index (χ4v) is 2.50. The standard InChI is InChI=1S/C23H29ClO5/c24-19-10-8-14-22(18-19)29-17-16-21(26)12-7-5-3-1-2-4-6-11-20(25)13-9-15-23(27)28/h1-8,10,12,14,18,20-21,25-26H,9,11,13,15-17H2,(H,27,28)/b2-1+,5-3-,6-4+,12-7+/t20?,21-/m1/s1. The third kappa shape index (κ3) is 14.3. The quantitative estimate of drug-likeness (QED) is 0.380. The summed E-state index contributed by atoms with van der Waals surface area (Å²) in [6, 6.07) is 7.13. The zero-order valence-corrected chi connectivity index (χ0v) is 17.1. The van der Waals surface area contributed by atoms with Crippen LogP contribution in [0.2, 0.25) is 5.02 Å². The van der Waals surface area contributed by atoms with Crippen molar-refractivity contribution in [3.05, 3.63) is 77.9 Å². The zero-order valence-electron chi connectivity index (χ0n) is 16.4. The van der Waals surface area contributed by atoms with Crippen LogP contribution in [0, 0.1) is 0 Å². The van der Waals surface area contributed by atoms with Crippen molar-refractivity contribution in [1.29, 1.82) is 0 Å². The van der Waals surface area contributed by atoms with E-state index in [1.165, 1.54) is 0 Å². The fraction of sp³-hybridized carbons (Fsp3) is 0.348. The minimum absolute atomic E-state index is 0.0859. The molecule has 2 atom stereocenters. The fourth-order valence-electron chi connectivity index (χ4n) is 2.32. The van der Waals surface area contributed by atoms with E-state index in [0.29, 0.717) is 43.1 Å². The molecule has 1 rings (SSSR count). The van der Waals surface area contributed by atoms with E-state index in [0.717, 1.165) is 0 Å². The largest absolute Gasteiger partial charge is 0.493 e. The van der Waals surface area contributed by atoms with Gasteiger partial charge in [-0.15, -0.1) is 0 Å². The summed E-state index contributed by atoms with van der Waals surface area (Å²) < 4.78 is 5.53. The van der Waals surface area contributed by atoms with Gasteiger partial charge >= 0.3 is 5.97 Å². The van der Waals surface area contributed by atoms with Crippen molar-refractivity contribution in [2.45, 2.75) is 44.3 Å². The first-order valence-electron chi connectivity index (χ1n) is 9.60. The van der Waals surface area contributed by atoms with Gasteiger partial charge in [0.2, 0.25) is 0 Å². The molecule has 1 unspecified atom stereocenters. The van der Waals surface area contributed by atoms with Gasteiger partial charge < -0.3 is 20.1 Å². The summed E-state index contributed by atoms with van der Waals surface area (Å²) in [5.41, 5.74) is 0. The highest BCUT2D eigenvalue weighted by molar-refractivity contribution is 6.30. The normalized spacial score (nSPS) is 14.3. The van der Waals surface area contributed by atoms with Crippen molar-refractivity contribution in [2.24, 2.45) is 0 Å². The van der Waals surface area contributed by atoms with E-state index in [4.69, 9.17) is 21.4 Å². The number of allylic oxidation sites excluding steroid dienone is 6. The summed E-state index contributed by atoms with van der Waals surface area (Å²) >= 11 is 5.88. The van der Waals surface area contributed by atoms with E-state index in [9.17, 15) is 15.0 Å². The van der Waals surface area contributed by atoms with Gasteiger partial charge in [0.1, 0.15) is 5.75 Å². The van der Waals surface area contributed by atoms with Gasteiger partial charge in [0.05, 0.1) is 18.8 Å². The highest BCUT2D eigenvalue weighted by atomic mass is 35.5. The van der Waals surface area contributed by atoms with Gasteiger partial charge in [-0.05, 0) is 37.5 Å². The molecule has 0 bridgehead atoms. The smallest absolute Gasteiger partial charge is 0.303 e. The van der Waals surface area contributed by atoms with Gasteiger partial charge in [0, 0.05) is 17.9 Å². The molecule has 0 fully saturated rings. The van der Waals surface area contributed by atoms with E-state index < -0.39 is 18.2 Å². The third-order valence-electron chi connectivity index (χ3n) is 3.84. The summed E-state index contributed by atoms with van der Waals surface area (Å²) in [7, 11) is 0. The second-order valence-corrected chi connectivity index (χ2v) is 6.86. The first-order chi connectivity index (χ1) is 14.0. The van der Waals surface area contributed by atoms with Crippen molar-refractivity contribution in [3.63, 3.8) is 0 Å². The molecule has 0 aliphatic heterocycles. The molecule has 0 spiro atoms. The Hall–Kier alpha value is -2.34. The first kappa shape index (κ1) is 24.7. The van der Waals surface area contributed by atoms with Crippen molar-refractivity contribution in [1.82, 2.24) is 0 Å². The molecule has 6 heteroatoms. The Morgan fingerprint density at radius 2 is 1.79 bits per heavy atom. The Morgan fingerprint density at radius 1 is 1.07 bits per heavy atom. The molecule has 0 radical (unpaired) electrons. The van der Waals surface area contributed by atoms with Gasteiger partial charge in [-0.3, -0.25) is 4.79 Å². The molecular weight excluding hydrogens is 392 g/mol. The topological polar surface area (TPSA) is 87.0 Å². The van der Waals surface area contributed by atoms with E-state index >= 15 is 0 Å². The Kier molecular flexibility index (Phi) is 13.3. The average Bonchev–Trinajstić information content (AvgIpc) is 2.66. The molecule has 0 aromatic heterocycles. The highest BCUT2D eigenvalue weighted by Crippen LogP contribution is 2.17. The Morgan fingerprint density at radius 3 is 2.52 bits per heavy atom. The lowest BCUT2D eigenvalue weighted by atomic mass is 10.1. The van der Waals surface area contributed by atoms with Crippen LogP contribution in [0.4, 0.5) is 0 Å². The molecule has 3 N–H and O–H groups in total. The van der Waals surface area contributed by atoms with Crippen LogP contribution in [0.3, 0.4) is 0 Å². The Labute approximate surface area is 177 Å². The summed E-state index contributed by atoms with van der Waals surface area (Å²) in [6.07, 6.45) is 15.4. The Balaban J connectivity index is 2.13. The number of halogens is 1. The monoisotopic (exact) mass is 420 g/mol. The van der Waals surface area contributed by atoms with Crippen LogP contribution in [0.15, 0.2) is 72.9 Å². The predicted octanol–water partition coefficient (Wildman–Crippen LogP) is 4.70. The van der Waals surface area contributed by atoms with Gasteiger partial charge in [-0.25, -0.2) is 0 Å². The van der Waals surface area contributed by atoms with Crippen molar-refractivity contribution < 1.29 is 24.9 Å². The molecule has 29 heavy (non-hydrogen) atoms. The summed E-state index contributed by atoms with van der Waals surface area (Å²) in [5.74, 6) is -0.158. The van der Waals surface area contributed by atoms with Crippen LogP contribution >= 0.6 is 11.6 Å². The molecular formula is C23H29ClO5.